The summed E-state index contributed by atoms with van der Waals surface area (Å²) in [6, 6.07) is 6.05. The average molecular weight is 222 g/mol. The lowest BCUT2D eigenvalue weighted by molar-refractivity contribution is 0.309. The Balaban J connectivity index is 2.36. The van der Waals surface area contributed by atoms with E-state index < -0.39 is 0 Å². The van der Waals surface area contributed by atoms with Crippen LogP contribution in [-0.4, -0.2) is 24.7 Å². The van der Waals surface area contributed by atoms with Crippen LogP contribution in [0.15, 0.2) is 18.2 Å². The molecule has 0 atom stereocenters. The zero-order valence-corrected chi connectivity index (χ0v) is 9.51. The number of fused-ring (bicyclic) bond motifs is 1. The molecule has 0 saturated heterocycles. The molecule has 0 amide bonds. The van der Waals surface area contributed by atoms with Crippen LogP contribution in [-0.2, 0) is 0 Å². The number of ether oxygens (including phenoxy) is 1. The molecular formula is C11H14N2OS. The molecule has 0 fully saturated rings. The van der Waals surface area contributed by atoms with Gasteiger partial charge < -0.3 is 15.4 Å². The van der Waals surface area contributed by atoms with E-state index in [1.54, 1.807) is 0 Å². The molecule has 1 aliphatic heterocycles. The number of nitrogens with two attached hydrogens (primary N) is 1. The summed E-state index contributed by atoms with van der Waals surface area (Å²) in [6.45, 7) is 4.23. The van der Waals surface area contributed by atoms with E-state index in [1.807, 2.05) is 12.1 Å². The van der Waals surface area contributed by atoms with Crippen LogP contribution in [0.5, 0.6) is 5.75 Å². The van der Waals surface area contributed by atoms with Gasteiger partial charge in [-0.3, -0.25) is 0 Å². The molecule has 0 unspecified atom stereocenters. The maximum absolute atomic E-state index is 5.59. The molecule has 15 heavy (non-hydrogen) atoms. The highest BCUT2D eigenvalue weighted by molar-refractivity contribution is 7.80. The van der Waals surface area contributed by atoms with Crippen LogP contribution in [0.1, 0.15) is 5.56 Å². The largest absolute Gasteiger partial charge is 0.490 e. The highest BCUT2D eigenvalue weighted by Crippen LogP contribution is 2.34. The number of aryl methyl sites for hydroxylation is 1. The molecule has 0 radical (unpaired) electrons. The SMILES string of the molecule is Cc1cccc2c1N(CC(N)=S)CCO2. The lowest BCUT2D eigenvalue weighted by atomic mass is 10.1. The van der Waals surface area contributed by atoms with E-state index in [0.29, 0.717) is 18.1 Å². The van der Waals surface area contributed by atoms with E-state index in [-0.39, 0.29) is 0 Å². The normalized spacial score (nSPS) is 14.3. The molecule has 2 rings (SSSR count). The van der Waals surface area contributed by atoms with Gasteiger partial charge in [0, 0.05) is 0 Å². The van der Waals surface area contributed by atoms with Gasteiger partial charge in [0.05, 0.1) is 23.8 Å². The highest BCUT2D eigenvalue weighted by atomic mass is 32.1. The fourth-order valence-electron chi connectivity index (χ4n) is 1.88. The number of hydrogen-bond acceptors (Lipinski definition) is 3. The number of thiocarbonyl (C=S) groups is 1. The second kappa shape index (κ2) is 4.06. The van der Waals surface area contributed by atoms with Crippen molar-refractivity contribution in [1.82, 2.24) is 0 Å². The van der Waals surface area contributed by atoms with Gasteiger partial charge in [0.15, 0.2) is 0 Å². The Hall–Kier alpha value is -1.29. The lowest BCUT2D eigenvalue weighted by Crippen LogP contribution is -2.38. The fraction of sp³-hybridized carbons (Fsp3) is 0.364. The summed E-state index contributed by atoms with van der Waals surface area (Å²) in [6.07, 6.45) is 0. The summed E-state index contributed by atoms with van der Waals surface area (Å²) in [5.74, 6) is 0.928. The molecule has 80 valence electrons. The van der Waals surface area contributed by atoms with Crippen molar-refractivity contribution in [2.24, 2.45) is 5.73 Å². The summed E-state index contributed by atoms with van der Waals surface area (Å²) < 4.78 is 5.59. The summed E-state index contributed by atoms with van der Waals surface area (Å²) in [7, 11) is 0. The van der Waals surface area contributed by atoms with E-state index in [9.17, 15) is 0 Å². The van der Waals surface area contributed by atoms with Gasteiger partial charge >= 0.3 is 0 Å². The maximum atomic E-state index is 5.59. The monoisotopic (exact) mass is 222 g/mol. The van der Waals surface area contributed by atoms with E-state index in [1.165, 1.54) is 5.56 Å². The minimum atomic E-state index is 0.520. The first-order valence-electron chi connectivity index (χ1n) is 4.94. The first kappa shape index (κ1) is 10.2. The third-order valence-corrected chi connectivity index (χ3v) is 2.61. The Bertz CT molecular complexity index is 392. The van der Waals surface area contributed by atoms with E-state index in [2.05, 4.69) is 17.9 Å². The molecule has 0 aromatic heterocycles. The van der Waals surface area contributed by atoms with Gasteiger partial charge in [0.1, 0.15) is 12.4 Å². The molecule has 0 aliphatic carbocycles. The van der Waals surface area contributed by atoms with Gasteiger partial charge in [0.2, 0.25) is 0 Å². The number of rotatable bonds is 2. The van der Waals surface area contributed by atoms with Crippen LogP contribution in [0.3, 0.4) is 0 Å². The molecule has 1 aliphatic rings. The first-order valence-corrected chi connectivity index (χ1v) is 5.35. The van der Waals surface area contributed by atoms with Crippen LogP contribution in [0.4, 0.5) is 5.69 Å². The zero-order chi connectivity index (χ0) is 10.8. The summed E-state index contributed by atoms with van der Waals surface area (Å²) >= 11 is 4.94. The minimum Gasteiger partial charge on any atom is -0.490 e. The van der Waals surface area contributed by atoms with E-state index in [4.69, 9.17) is 22.7 Å². The molecule has 1 heterocycles. The highest BCUT2D eigenvalue weighted by Gasteiger charge is 2.19. The fourth-order valence-corrected chi connectivity index (χ4v) is 2.03. The number of para-hydroxylation sites is 1. The third kappa shape index (κ3) is 2.04. The standard InChI is InChI=1S/C11H14N2OS/c1-8-3-2-4-9-11(8)13(5-6-14-9)7-10(12)15/h2-4H,5-7H2,1H3,(H2,12,15). The van der Waals surface area contributed by atoms with Crippen molar-refractivity contribution >= 4 is 22.9 Å². The number of hydrogen-bond donors (Lipinski definition) is 1. The van der Waals surface area contributed by atoms with E-state index >= 15 is 0 Å². The van der Waals surface area contributed by atoms with Crippen LogP contribution < -0.4 is 15.4 Å². The quantitative estimate of drug-likeness (QED) is 0.769. The summed E-state index contributed by atoms with van der Waals surface area (Å²) in [4.78, 5) is 2.70. The third-order valence-electron chi connectivity index (χ3n) is 2.48. The van der Waals surface area contributed by atoms with Gasteiger partial charge in [-0.1, -0.05) is 24.4 Å². The lowest BCUT2D eigenvalue weighted by Gasteiger charge is -2.32. The van der Waals surface area contributed by atoms with Crippen molar-refractivity contribution in [2.75, 3.05) is 24.6 Å². The second-order valence-corrected chi connectivity index (χ2v) is 4.18. The Morgan fingerprint density at radius 3 is 3.13 bits per heavy atom. The van der Waals surface area contributed by atoms with Crippen LogP contribution in [0.25, 0.3) is 0 Å². The summed E-state index contributed by atoms with van der Waals surface area (Å²) in [5, 5.41) is 0. The Kier molecular flexibility index (Phi) is 2.77. The van der Waals surface area contributed by atoms with Crippen molar-refractivity contribution in [3.05, 3.63) is 23.8 Å². The van der Waals surface area contributed by atoms with Crippen LogP contribution in [0, 0.1) is 6.92 Å². The van der Waals surface area contributed by atoms with Crippen molar-refractivity contribution < 1.29 is 4.74 Å². The summed E-state index contributed by atoms with van der Waals surface area (Å²) in [5.41, 5.74) is 7.90. The number of anilines is 1. The van der Waals surface area contributed by atoms with Crippen molar-refractivity contribution in [3.63, 3.8) is 0 Å². The van der Waals surface area contributed by atoms with Crippen molar-refractivity contribution in [3.8, 4) is 5.75 Å². The average Bonchev–Trinajstić information content (AvgIpc) is 2.17. The van der Waals surface area contributed by atoms with Crippen molar-refractivity contribution in [2.45, 2.75) is 6.92 Å². The molecule has 1 aromatic rings. The molecule has 0 saturated carbocycles. The Morgan fingerprint density at radius 1 is 1.60 bits per heavy atom. The smallest absolute Gasteiger partial charge is 0.142 e. The van der Waals surface area contributed by atoms with Gasteiger partial charge in [-0.25, -0.2) is 0 Å². The predicted octanol–water partition coefficient (Wildman–Crippen LogP) is 1.48. The molecular weight excluding hydrogens is 208 g/mol. The molecule has 0 bridgehead atoms. The van der Waals surface area contributed by atoms with Gasteiger partial charge in [-0.15, -0.1) is 0 Å². The van der Waals surface area contributed by atoms with Gasteiger partial charge in [-0.2, -0.15) is 0 Å². The molecule has 1 aromatic carbocycles. The molecule has 0 spiro atoms. The topological polar surface area (TPSA) is 38.5 Å². The van der Waals surface area contributed by atoms with Gasteiger partial charge in [-0.05, 0) is 18.6 Å². The van der Waals surface area contributed by atoms with Gasteiger partial charge in [0.25, 0.3) is 0 Å². The molecule has 4 heteroatoms. The first-order chi connectivity index (χ1) is 7.18. The number of benzene rings is 1. The zero-order valence-electron chi connectivity index (χ0n) is 8.69. The molecule has 2 N–H and O–H groups in total. The maximum Gasteiger partial charge on any atom is 0.142 e. The van der Waals surface area contributed by atoms with Crippen LogP contribution >= 0.6 is 12.2 Å². The minimum absolute atomic E-state index is 0.520. The predicted molar refractivity (Wildman–Crippen MR) is 65.7 cm³/mol. The molecule has 3 nitrogen and oxygen atoms in total. The Morgan fingerprint density at radius 2 is 2.40 bits per heavy atom. The van der Waals surface area contributed by atoms with Crippen molar-refractivity contribution in [1.29, 1.82) is 0 Å². The number of nitrogens with zero attached hydrogens (tertiary/aromatic N) is 1. The Labute approximate surface area is 94.8 Å². The van der Waals surface area contributed by atoms with Crippen LogP contribution in [0.2, 0.25) is 0 Å². The second-order valence-electron chi connectivity index (χ2n) is 3.66. The van der Waals surface area contributed by atoms with E-state index in [0.717, 1.165) is 18.0 Å².